The van der Waals surface area contributed by atoms with Crippen LogP contribution in [0.3, 0.4) is 0 Å². The maximum absolute atomic E-state index is 13.3. The van der Waals surface area contributed by atoms with Gasteiger partial charge in [-0.1, -0.05) is 29.3 Å². The van der Waals surface area contributed by atoms with E-state index >= 15 is 0 Å². The topological polar surface area (TPSA) is 60.9 Å². The zero-order chi connectivity index (χ0) is 28.2. The summed E-state index contributed by atoms with van der Waals surface area (Å²) in [4.78, 5) is 42.3. The Balaban J connectivity index is 1.65. The van der Waals surface area contributed by atoms with E-state index in [0.29, 0.717) is 12.1 Å². The molecular weight excluding hydrogens is 563 g/mol. The molecule has 0 aliphatic carbocycles. The van der Waals surface area contributed by atoms with Crippen LogP contribution < -0.4 is 0 Å². The highest BCUT2D eigenvalue weighted by Crippen LogP contribution is 2.41. The lowest BCUT2D eigenvalue weighted by Crippen LogP contribution is -2.57. The Morgan fingerprint density at radius 1 is 0.921 bits per heavy atom. The number of likely N-dealkylation sites (N-methyl/N-ethyl adjacent to an activating group) is 1. The second-order valence-corrected chi connectivity index (χ2v) is 9.88. The Labute approximate surface area is 222 Å². The highest BCUT2D eigenvalue weighted by Gasteiger charge is 2.57. The first-order valence-electron chi connectivity index (χ1n) is 11.2. The number of amides is 4. The van der Waals surface area contributed by atoms with Crippen molar-refractivity contribution in [2.24, 2.45) is 0 Å². The second kappa shape index (κ2) is 9.64. The molecule has 6 nitrogen and oxygen atoms in total. The number of likely N-dealkylation sites (tertiary alicyclic amines) is 1. The minimum atomic E-state index is -5.07. The number of benzene rings is 2. The van der Waals surface area contributed by atoms with Gasteiger partial charge in [-0.25, -0.2) is 4.79 Å². The SMILES string of the molecule is CN1C(=O)N(Cc2cc(C(F)(F)F)cc(C(F)(F)F)c2)C2(CCN(C(=O)c3c(Cl)cccc3Cl)CC2)C1=O. The number of piperidine rings is 1. The van der Waals surface area contributed by atoms with E-state index in [1.807, 2.05) is 0 Å². The van der Waals surface area contributed by atoms with Crippen LogP contribution in [0.5, 0.6) is 0 Å². The van der Waals surface area contributed by atoms with Gasteiger partial charge in [-0.15, -0.1) is 0 Å². The Morgan fingerprint density at radius 2 is 1.42 bits per heavy atom. The van der Waals surface area contributed by atoms with Gasteiger partial charge in [-0.3, -0.25) is 14.5 Å². The van der Waals surface area contributed by atoms with Gasteiger partial charge in [0.2, 0.25) is 0 Å². The molecule has 0 aromatic heterocycles. The molecule has 2 aliphatic heterocycles. The third kappa shape index (κ3) is 4.91. The molecule has 2 aromatic rings. The third-order valence-corrected chi connectivity index (χ3v) is 7.41. The number of carbonyl (C=O) groups excluding carboxylic acids is 3. The molecule has 2 aromatic carbocycles. The lowest BCUT2D eigenvalue weighted by molar-refractivity contribution is -0.143. The molecule has 0 bridgehead atoms. The summed E-state index contributed by atoms with van der Waals surface area (Å²) in [6.07, 6.45) is -10.3. The van der Waals surface area contributed by atoms with E-state index in [1.165, 1.54) is 24.1 Å². The van der Waals surface area contributed by atoms with Crippen LogP contribution in [0.25, 0.3) is 0 Å². The van der Waals surface area contributed by atoms with Crippen molar-refractivity contribution in [1.82, 2.24) is 14.7 Å². The number of alkyl halides is 6. The van der Waals surface area contributed by atoms with Crippen molar-refractivity contribution in [2.75, 3.05) is 20.1 Å². The van der Waals surface area contributed by atoms with Crippen molar-refractivity contribution in [2.45, 2.75) is 37.3 Å². The average molecular weight is 582 g/mol. The summed E-state index contributed by atoms with van der Waals surface area (Å²) < 4.78 is 80.1. The van der Waals surface area contributed by atoms with Gasteiger partial charge in [0.1, 0.15) is 5.54 Å². The molecule has 0 N–H and O–H groups in total. The van der Waals surface area contributed by atoms with Gasteiger partial charge in [0.15, 0.2) is 0 Å². The summed E-state index contributed by atoms with van der Waals surface area (Å²) in [6, 6.07) is 4.69. The molecular formula is C24H19Cl2F6N3O3. The number of hydrogen-bond donors (Lipinski definition) is 0. The van der Waals surface area contributed by atoms with E-state index in [0.717, 1.165) is 9.80 Å². The zero-order valence-electron chi connectivity index (χ0n) is 19.6. The van der Waals surface area contributed by atoms with Gasteiger partial charge in [-0.2, -0.15) is 26.3 Å². The van der Waals surface area contributed by atoms with Crippen LogP contribution in [0.4, 0.5) is 31.1 Å². The molecule has 1 spiro atoms. The van der Waals surface area contributed by atoms with Gasteiger partial charge in [0.25, 0.3) is 11.8 Å². The maximum Gasteiger partial charge on any atom is 0.416 e. The summed E-state index contributed by atoms with van der Waals surface area (Å²) in [5, 5.41) is 0.225. The molecule has 0 atom stereocenters. The largest absolute Gasteiger partial charge is 0.416 e. The lowest BCUT2D eigenvalue weighted by atomic mass is 9.85. The Hall–Kier alpha value is -2.99. The fourth-order valence-corrected chi connectivity index (χ4v) is 5.37. The van der Waals surface area contributed by atoms with Gasteiger partial charge >= 0.3 is 18.4 Å². The molecule has 38 heavy (non-hydrogen) atoms. The van der Waals surface area contributed by atoms with Gasteiger partial charge in [0.05, 0.1) is 26.7 Å². The fraction of sp³-hybridized carbons (Fsp3) is 0.375. The second-order valence-electron chi connectivity index (χ2n) is 9.07. The summed E-state index contributed by atoms with van der Waals surface area (Å²) in [7, 11) is 1.18. The monoisotopic (exact) mass is 581 g/mol. The standard InChI is InChI=1S/C24H19Cl2F6N3O3/c1-33-20(37)22(5-7-34(8-6-22)19(36)18-16(25)3-2-4-17(18)26)35(21(33)38)12-13-9-14(23(27,28)29)11-15(10-13)24(30,31)32/h2-4,9-11H,5-8,12H2,1H3. The van der Waals surface area contributed by atoms with Gasteiger partial charge < -0.3 is 9.80 Å². The van der Waals surface area contributed by atoms with Crippen LogP contribution in [-0.4, -0.2) is 58.2 Å². The molecule has 204 valence electrons. The number of nitrogens with zero attached hydrogens (tertiary/aromatic N) is 3. The number of carbonyl (C=O) groups is 3. The predicted octanol–water partition coefficient (Wildman–Crippen LogP) is 6.10. The van der Waals surface area contributed by atoms with Crippen molar-refractivity contribution >= 4 is 41.0 Å². The summed E-state index contributed by atoms with van der Waals surface area (Å²) in [5.41, 5.74) is -5.00. The number of urea groups is 1. The first kappa shape index (κ1) is 28.0. The maximum atomic E-state index is 13.3. The Bertz CT molecular complexity index is 1250. The summed E-state index contributed by atoms with van der Waals surface area (Å²) in [5.74, 6) is -1.17. The molecule has 2 saturated heterocycles. The van der Waals surface area contributed by atoms with Crippen LogP contribution >= 0.6 is 23.2 Å². The summed E-state index contributed by atoms with van der Waals surface area (Å²) >= 11 is 12.2. The highest BCUT2D eigenvalue weighted by atomic mass is 35.5. The van der Waals surface area contributed by atoms with E-state index in [4.69, 9.17) is 23.2 Å². The van der Waals surface area contributed by atoms with Crippen LogP contribution in [0.1, 0.15) is 39.9 Å². The number of hydrogen-bond acceptors (Lipinski definition) is 3. The van der Waals surface area contributed by atoms with Crippen LogP contribution in [0.2, 0.25) is 10.0 Å². The van der Waals surface area contributed by atoms with Crippen molar-refractivity contribution < 1.29 is 40.7 Å². The number of rotatable bonds is 3. The van der Waals surface area contributed by atoms with E-state index in [2.05, 4.69) is 0 Å². The molecule has 2 heterocycles. The van der Waals surface area contributed by atoms with Crippen LogP contribution in [0, 0.1) is 0 Å². The Kier molecular flexibility index (Phi) is 7.11. The van der Waals surface area contributed by atoms with Crippen molar-refractivity contribution in [3.05, 3.63) is 68.7 Å². The minimum Gasteiger partial charge on any atom is -0.338 e. The van der Waals surface area contributed by atoms with Gasteiger partial charge in [-0.05, 0) is 48.7 Å². The molecule has 4 rings (SSSR count). The molecule has 2 aliphatic rings. The van der Waals surface area contributed by atoms with Crippen LogP contribution in [0.15, 0.2) is 36.4 Å². The molecule has 4 amide bonds. The normalized spacial score (nSPS) is 18.1. The molecule has 14 heteroatoms. The first-order valence-corrected chi connectivity index (χ1v) is 11.9. The molecule has 0 unspecified atom stereocenters. The van der Waals surface area contributed by atoms with Crippen LogP contribution in [-0.2, 0) is 23.7 Å². The zero-order valence-corrected chi connectivity index (χ0v) is 21.1. The van der Waals surface area contributed by atoms with Crippen molar-refractivity contribution in [3.8, 4) is 0 Å². The minimum absolute atomic E-state index is 0.00765. The Morgan fingerprint density at radius 3 is 1.89 bits per heavy atom. The van der Waals surface area contributed by atoms with Crippen molar-refractivity contribution in [3.63, 3.8) is 0 Å². The van der Waals surface area contributed by atoms with Gasteiger partial charge in [0, 0.05) is 26.7 Å². The molecule has 2 fully saturated rings. The smallest absolute Gasteiger partial charge is 0.338 e. The van der Waals surface area contributed by atoms with Crippen molar-refractivity contribution in [1.29, 1.82) is 0 Å². The fourth-order valence-electron chi connectivity index (χ4n) is 4.81. The van der Waals surface area contributed by atoms with E-state index in [9.17, 15) is 40.7 Å². The first-order chi connectivity index (χ1) is 17.6. The molecule has 0 saturated carbocycles. The number of halogens is 8. The third-order valence-electron chi connectivity index (χ3n) is 6.78. The number of imide groups is 1. The van der Waals surface area contributed by atoms with E-state index < -0.39 is 59.0 Å². The average Bonchev–Trinajstić information content (AvgIpc) is 2.99. The highest BCUT2D eigenvalue weighted by molar-refractivity contribution is 6.39. The predicted molar refractivity (Wildman–Crippen MR) is 124 cm³/mol. The summed E-state index contributed by atoms with van der Waals surface area (Å²) in [6.45, 7) is -0.757. The lowest BCUT2D eigenvalue weighted by Gasteiger charge is -2.42. The van der Waals surface area contributed by atoms with E-state index in [-0.39, 0.29) is 47.6 Å². The van der Waals surface area contributed by atoms with E-state index in [1.54, 1.807) is 6.07 Å². The molecule has 0 radical (unpaired) electrons. The quantitative estimate of drug-likeness (QED) is 0.325.